The van der Waals surface area contributed by atoms with Gasteiger partial charge in [0.15, 0.2) is 0 Å². The zero-order valence-electron chi connectivity index (χ0n) is 7.32. The fourth-order valence-electron chi connectivity index (χ4n) is 4.10. The van der Waals surface area contributed by atoms with Crippen molar-refractivity contribution in [2.24, 2.45) is 29.4 Å². The summed E-state index contributed by atoms with van der Waals surface area (Å²) in [5.41, 5.74) is 6.04. The largest absolute Gasteiger partial charge is 0.393 e. The van der Waals surface area contributed by atoms with Crippen molar-refractivity contribution in [1.29, 1.82) is 0 Å². The average molecular weight is 167 g/mol. The summed E-state index contributed by atoms with van der Waals surface area (Å²) in [5, 5.41) is 9.54. The molecule has 3 aliphatic rings. The van der Waals surface area contributed by atoms with Crippen LogP contribution in [0.2, 0.25) is 0 Å². The maximum absolute atomic E-state index is 9.54. The predicted octanol–water partition coefficient (Wildman–Crippen LogP) is 0.741. The Balaban J connectivity index is 1.86. The molecule has 68 valence electrons. The van der Waals surface area contributed by atoms with Gasteiger partial charge in [-0.05, 0) is 49.4 Å². The fraction of sp³-hybridized carbons (Fsp3) is 1.00. The number of hydrogen-bond donors (Lipinski definition) is 2. The van der Waals surface area contributed by atoms with Gasteiger partial charge < -0.3 is 10.8 Å². The van der Waals surface area contributed by atoms with Gasteiger partial charge in [0, 0.05) is 6.04 Å². The molecule has 0 spiro atoms. The molecule has 6 unspecified atom stereocenters. The molecule has 0 amide bonds. The lowest BCUT2D eigenvalue weighted by Gasteiger charge is -2.28. The van der Waals surface area contributed by atoms with Crippen LogP contribution >= 0.6 is 0 Å². The Morgan fingerprint density at radius 2 is 1.67 bits per heavy atom. The summed E-state index contributed by atoms with van der Waals surface area (Å²) < 4.78 is 0. The standard InChI is InChI=1S/C10H17NO/c11-10-2-5-1-9(10)8-4-6(12)3-7(5)8/h5-10,12H,1-4,11H2. The van der Waals surface area contributed by atoms with Crippen molar-refractivity contribution in [2.75, 3.05) is 0 Å². The van der Waals surface area contributed by atoms with Gasteiger partial charge in [0.1, 0.15) is 0 Å². The third-order valence-corrected chi connectivity index (χ3v) is 4.49. The molecule has 2 bridgehead atoms. The smallest absolute Gasteiger partial charge is 0.0546 e. The summed E-state index contributed by atoms with van der Waals surface area (Å²) in [6.07, 6.45) is 4.70. The number of aliphatic hydroxyl groups excluding tert-OH is 1. The van der Waals surface area contributed by atoms with Crippen LogP contribution in [0.5, 0.6) is 0 Å². The summed E-state index contributed by atoms with van der Waals surface area (Å²) >= 11 is 0. The first-order chi connectivity index (χ1) is 5.75. The minimum absolute atomic E-state index is 0.00407. The molecule has 3 aliphatic carbocycles. The van der Waals surface area contributed by atoms with Gasteiger partial charge >= 0.3 is 0 Å². The molecule has 2 heteroatoms. The second kappa shape index (κ2) is 2.24. The van der Waals surface area contributed by atoms with Crippen LogP contribution in [0.3, 0.4) is 0 Å². The maximum Gasteiger partial charge on any atom is 0.0546 e. The van der Waals surface area contributed by atoms with E-state index in [2.05, 4.69) is 0 Å². The number of rotatable bonds is 0. The van der Waals surface area contributed by atoms with E-state index in [1.807, 2.05) is 0 Å². The van der Waals surface area contributed by atoms with Crippen LogP contribution in [0, 0.1) is 23.7 Å². The Morgan fingerprint density at radius 3 is 2.50 bits per heavy atom. The van der Waals surface area contributed by atoms with Crippen LogP contribution in [0.1, 0.15) is 25.7 Å². The van der Waals surface area contributed by atoms with Gasteiger partial charge in [-0.3, -0.25) is 0 Å². The molecule has 12 heavy (non-hydrogen) atoms. The van der Waals surface area contributed by atoms with Crippen molar-refractivity contribution in [1.82, 2.24) is 0 Å². The molecule has 0 aromatic carbocycles. The summed E-state index contributed by atoms with van der Waals surface area (Å²) in [4.78, 5) is 0. The van der Waals surface area contributed by atoms with Crippen LogP contribution in [0.4, 0.5) is 0 Å². The summed E-state index contributed by atoms with van der Waals surface area (Å²) in [6.45, 7) is 0. The lowest BCUT2D eigenvalue weighted by molar-refractivity contribution is 0.167. The molecule has 0 radical (unpaired) electrons. The number of hydrogen-bond acceptors (Lipinski definition) is 2. The van der Waals surface area contributed by atoms with Gasteiger partial charge in [-0.25, -0.2) is 0 Å². The highest BCUT2D eigenvalue weighted by Gasteiger charge is 2.54. The monoisotopic (exact) mass is 167 g/mol. The van der Waals surface area contributed by atoms with Crippen molar-refractivity contribution >= 4 is 0 Å². The van der Waals surface area contributed by atoms with Crippen LogP contribution < -0.4 is 5.73 Å². The maximum atomic E-state index is 9.54. The van der Waals surface area contributed by atoms with Crippen molar-refractivity contribution in [3.8, 4) is 0 Å². The molecule has 0 aliphatic heterocycles. The molecular formula is C10H17NO. The Bertz CT molecular complexity index is 202. The SMILES string of the molecule is NC1CC2CC1C1CC(O)CC21. The van der Waals surface area contributed by atoms with E-state index >= 15 is 0 Å². The highest BCUT2D eigenvalue weighted by molar-refractivity contribution is 5.06. The van der Waals surface area contributed by atoms with Gasteiger partial charge in [0.2, 0.25) is 0 Å². The number of fused-ring (bicyclic) bond motifs is 5. The molecule has 3 saturated carbocycles. The molecule has 3 rings (SSSR count). The second-order valence-corrected chi connectivity index (χ2v) is 5.01. The Morgan fingerprint density at radius 1 is 0.917 bits per heavy atom. The van der Waals surface area contributed by atoms with Crippen molar-refractivity contribution in [3.05, 3.63) is 0 Å². The zero-order valence-corrected chi connectivity index (χ0v) is 7.32. The number of aliphatic hydroxyl groups is 1. The van der Waals surface area contributed by atoms with E-state index in [0.717, 1.165) is 36.5 Å². The van der Waals surface area contributed by atoms with Crippen molar-refractivity contribution in [2.45, 2.75) is 37.8 Å². The molecule has 3 fully saturated rings. The lowest BCUT2D eigenvalue weighted by Crippen LogP contribution is -2.34. The highest BCUT2D eigenvalue weighted by atomic mass is 16.3. The second-order valence-electron chi connectivity index (χ2n) is 5.01. The summed E-state index contributed by atoms with van der Waals surface area (Å²) in [5.74, 6) is 3.25. The van der Waals surface area contributed by atoms with Crippen molar-refractivity contribution in [3.63, 3.8) is 0 Å². The normalized spacial score (nSPS) is 62.5. The van der Waals surface area contributed by atoms with Gasteiger partial charge in [0.25, 0.3) is 0 Å². The van der Waals surface area contributed by atoms with E-state index < -0.39 is 0 Å². The summed E-state index contributed by atoms with van der Waals surface area (Å²) in [6, 6.07) is 0.460. The van der Waals surface area contributed by atoms with Crippen LogP contribution in [0.25, 0.3) is 0 Å². The van der Waals surface area contributed by atoms with E-state index in [4.69, 9.17) is 5.73 Å². The van der Waals surface area contributed by atoms with Crippen LogP contribution in [-0.4, -0.2) is 17.3 Å². The first-order valence-electron chi connectivity index (χ1n) is 5.19. The molecule has 0 aromatic rings. The highest BCUT2D eigenvalue weighted by Crippen LogP contribution is 2.58. The minimum Gasteiger partial charge on any atom is -0.393 e. The quantitative estimate of drug-likeness (QED) is 0.559. The van der Waals surface area contributed by atoms with Gasteiger partial charge in [-0.2, -0.15) is 0 Å². The van der Waals surface area contributed by atoms with E-state index in [0.29, 0.717) is 6.04 Å². The van der Waals surface area contributed by atoms with E-state index in [1.165, 1.54) is 12.8 Å². The van der Waals surface area contributed by atoms with Gasteiger partial charge in [-0.15, -0.1) is 0 Å². The third-order valence-electron chi connectivity index (χ3n) is 4.49. The lowest BCUT2D eigenvalue weighted by atomic mass is 9.79. The van der Waals surface area contributed by atoms with Gasteiger partial charge in [-0.1, -0.05) is 0 Å². The molecular weight excluding hydrogens is 150 g/mol. The van der Waals surface area contributed by atoms with Crippen molar-refractivity contribution < 1.29 is 5.11 Å². The van der Waals surface area contributed by atoms with Crippen LogP contribution in [-0.2, 0) is 0 Å². The first kappa shape index (κ1) is 7.34. The molecule has 0 heterocycles. The molecule has 6 atom stereocenters. The molecule has 2 nitrogen and oxygen atoms in total. The average Bonchev–Trinajstić information content (AvgIpc) is 2.57. The number of nitrogens with two attached hydrogens (primary N) is 1. The van der Waals surface area contributed by atoms with E-state index in [-0.39, 0.29) is 6.10 Å². The summed E-state index contributed by atoms with van der Waals surface area (Å²) in [7, 11) is 0. The zero-order chi connectivity index (χ0) is 8.29. The molecule has 0 aromatic heterocycles. The van der Waals surface area contributed by atoms with E-state index in [1.54, 1.807) is 0 Å². The van der Waals surface area contributed by atoms with Crippen LogP contribution in [0.15, 0.2) is 0 Å². The predicted molar refractivity (Wildman–Crippen MR) is 46.4 cm³/mol. The Hall–Kier alpha value is -0.0800. The minimum atomic E-state index is -0.00407. The fourth-order valence-corrected chi connectivity index (χ4v) is 4.10. The topological polar surface area (TPSA) is 46.2 Å². The first-order valence-corrected chi connectivity index (χ1v) is 5.19. The van der Waals surface area contributed by atoms with E-state index in [9.17, 15) is 5.11 Å². The molecule has 0 saturated heterocycles. The molecule has 3 N–H and O–H groups in total. The Kier molecular flexibility index (Phi) is 1.37. The van der Waals surface area contributed by atoms with Gasteiger partial charge in [0.05, 0.1) is 6.10 Å². The Labute approximate surface area is 73.1 Å². The third kappa shape index (κ3) is 0.775.